The molecule has 2 fully saturated rings. The molecule has 0 saturated carbocycles. The van der Waals surface area contributed by atoms with Gasteiger partial charge in [0, 0.05) is 45.3 Å². The first-order valence-corrected chi connectivity index (χ1v) is 6.95. The summed E-state index contributed by atoms with van der Waals surface area (Å²) in [4.78, 5) is 13.8. The molecule has 2 rings (SSSR count). The van der Waals surface area contributed by atoms with Crippen LogP contribution in [-0.2, 0) is 9.53 Å². The van der Waals surface area contributed by atoms with Crippen molar-refractivity contribution >= 4 is 5.91 Å². The topological polar surface area (TPSA) is 41.6 Å². The van der Waals surface area contributed by atoms with E-state index in [0.29, 0.717) is 18.4 Å². The summed E-state index contributed by atoms with van der Waals surface area (Å²) in [6, 6.07) is 0.545. The van der Waals surface area contributed by atoms with Crippen LogP contribution in [-0.4, -0.2) is 49.7 Å². The van der Waals surface area contributed by atoms with E-state index in [1.54, 1.807) is 0 Å². The second-order valence-electron chi connectivity index (χ2n) is 5.03. The Balaban J connectivity index is 1.59. The van der Waals surface area contributed by atoms with Crippen molar-refractivity contribution in [3.63, 3.8) is 0 Å². The van der Waals surface area contributed by atoms with Gasteiger partial charge in [0.2, 0.25) is 5.91 Å². The largest absolute Gasteiger partial charge is 0.381 e. The Morgan fingerprint density at radius 3 is 2.82 bits per heavy atom. The molecule has 0 aromatic carbocycles. The third-order valence-corrected chi connectivity index (χ3v) is 3.68. The van der Waals surface area contributed by atoms with E-state index in [9.17, 15) is 4.79 Å². The van der Waals surface area contributed by atoms with Crippen LogP contribution in [0.15, 0.2) is 0 Å². The standard InChI is InChI=1S/C13H24N2O2/c16-13(15-8-1-2-9-15)5-7-14-12-4-3-10-17-11-6-12/h12,14H,1-11H2. The van der Waals surface area contributed by atoms with Crippen LogP contribution in [0, 0.1) is 0 Å². The molecular weight excluding hydrogens is 216 g/mol. The quantitative estimate of drug-likeness (QED) is 0.801. The number of nitrogens with one attached hydrogen (secondary N) is 1. The van der Waals surface area contributed by atoms with Crippen molar-refractivity contribution in [1.29, 1.82) is 0 Å². The fourth-order valence-electron chi connectivity index (χ4n) is 2.62. The summed E-state index contributed by atoms with van der Waals surface area (Å²) in [6.45, 7) is 4.51. The predicted octanol–water partition coefficient (Wildman–Crippen LogP) is 1.16. The van der Waals surface area contributed by atoms with Crippen LogP contribution in [0.4, 0.5) is 0 Å². The van der Waals surface area contributed by atoms with Crippen molar-refractivity contribution in [2.75, 3.05) is 32.8 Å². The van der Waals surface area contributed by atoms with Crippen molar-refractivity contribution < 1.29 is 9.53 Å². The maximum atomic E-state index is 11.8. The molecular formula is C13H24N2O2. The number of likely N-dealkylation sites (tertiary alicyclic amines) is 1. The normalized spacial score (nSPS) is 25.9. The molecule has 98 valence electrons. The molecule has 0 aromatic heterocycles. The lowest BCUT2D eigenvalue weighted by Crippen LogP contribution is -2.35. The van der Waals surface area contributed by atoms with E-state index in [4.69, 9.17) is 4.74 Å². The van der Waals surface area contributed by atoms with Crippen molar-refractivity contribution in [2.24, 2.45) is 0 Å². The molecule has 0 aromatic rings. The number of hydrogen-bond acceptors (Lipinski definition) is 3. The van der Waals surface area contributed by atoms with Crippen LogP contribution in [0.3, 0.4) is 0 Å². The van der Waals surface area contributed by atoms with E-state index in [1.165, 1.54) is 19.3 Å². The summed E-state index contributed by atoms with van der Waals surface area (Å²) in [5.41, 5.74) is 0. The lowest BCUT2D eigenvalue weighted by molar-refractivity contribution is -0.130. The van der Waals surface area contributed by atoms with E-state index in [2.05, 4.69) is 5.32 Å². The lowest BCUT2D eigenvalue weighted by atomic mass is 10.1. The number of hydrogen-bond donors (Lipinski definition) is 1. The molecule has 1 amide bonds. The van der Waals surface area contributed by atoms with E-state index >= 15 is 0 Å². The van der Waals surface area contributed by atoms with Gasteiger partial charge < -0.3 is 15.0 Å². The van der Waals surface area contributed by atoms with Gasteiger partial charge in [-0.05, 0) is 32.1 Å². The molecule has 1 unspecified atom stereocenters. The third kappa shape index (κ3) is 4.28. The number of nitrogens with zero attached hydrogens (tertiary/aromatic N) is 1. The Morgan fingerprint density at radius 1 is 1.18 bits per heavy atom. The second kappa shape index (κ2) is 6.97. The van der Waals surface area contributed by atoms with Crippen LogP contribution in [0.2, 0.25) is 0 Å². The Hall–Kier alpha value is -0.610. The smallest absolute Gasteiger partial charge is 0.223 e. The van der Waals surface area contributed by atoms with Crippen LogP contribution in [0.5, 0.6) is 0 Å². The average Bonchev–Trinajstić information content (AvgIpc) is 2.75. The first-order chi connectivity index (χ1) is 8.36. The minimum absolute atomic E-state index is 0.319. The number of ether oxygens (including phenoxy) is 1. The van der Waals surface area contributed by atoms with E-state index in [1.807, 2.05) is 4.90 Å². The molecule has 4 heteroatoms. The van der Waals surface area contributed by atoms with E-state index in [0.717, 1.165) is 45.7 Å². The molecule has 2 saturated heterocycles. The zero-order valence-corrected chi connectivity index (χ0v) is 10.6. The van der Waals surface area contributed by atoms with E-state index in [-0.39, 0.29) is 0 Å². The first kappa shape index (κ1) is 12.8. The molecule has 0 bridgehead atoms. The SMILES string of the molecule is O=C(CCNC1CCCOCC1)N1CCCC1. The lowest BCUT2D eigenvalue weighted by Gasteiger charge is -2.18. The highest BCUT2D eigenvalue weighted by Crippen LogP contribution is 2.10. The summed E-state index contributed by atoms with van der Waals surface area (Å²) in [7, 11) is 0. The van der Waals surface area contributed by atoms with Crippen molar-refractivity contribution in [3.8, 4) is 0 Å². The van der Waals surface area contributed by atoms with Crippen molar-refractivity contribution in [1.82, 2.24) is 10.2 Å². The van der Waals surface area contributed by atoms with Gasteiger partial charge in [0.1, 0.15) is 0 Å². The van der Waals surface area contributed by atoms with Gasteiger partial charge >= 0.3 is 0 Å². The summed E-state index contributed by atoms with van der Waals surface area (Å²) in [5, 5.41) is 3.49. The average molecular weight is 240 g/mol. The fourth-order valence-corrected chi connectivity index (χ4v) is 2.62. The monoisotopic (exact) mass is 240 g/mol. The van der Waals surface area contributed by atoms with Crippen molar-refractivity contribution in [2.45, 2.75) is 44.6 Å². The van der Waals surface area contributed by atoms with Gasteiger partial charge in [0.05, 0.1) is 0 Å². The molecule has 4 nitrogen and oxygen atoms in total. The Labute approximate surface area is 104 Å². The third-order valence-electron chi connectivity index (χ3n) is 3.68. The van der Waals surface area contributed by atoms with Crippen LogP contribution >= 0.6 is 0 Å². The van der Waals surface area contributed by atoms with E-state index < -0.39 is 0 Å². The van der Waals surface area contributed by atoms with Gasteiger partial charge in [0.25, 0.3) is 0 Å². The highest BCUT2D eigenvalue weighted by atomic mass is 16.5. The number of carbonyl (C=O) groups excluding carboxylic acids is 1. The zero-order chi connectivity index (χ0) is 11.9. The highest BCUT2D eigenvalue weighted by molar-refractivity contribution is 5.76. The fraction of sp³-hybridized carbons (Fsp3) is 0.923. The molecule has 1 N–H and O–H groups in total. The van der Waals surface area contributed by atoms with Gasteiger partial charge in [-0.3, -0.25) is 4.79 Å². The van der Waals surface area contributed by atoms with Crippen molar-refractivity contribution in [3.05, 3.63) is 0 Å². The van der Waals surface area contributed by atoms with Crippen LogP contribution < -0.4 is 5.32 Å². The Morgan fingerprint density at radius 2 is 2.00 bits per heavy atom. The molecule has 2 heterocycles. The minimum Gasteiger partial charge on any atom is -0.381 e. The summed E-state index contributed by atoms with van der Waals surface area (Å²) >= 11 is 0. The van der Waals surface area contributed by atoms with Gasteiger partial charge in [-0.2, -0.15) is 0 Å². The Bertz CT molecular complexity index is 232. The molecule has 17 heavy (non-hydrogen) atoms. The van der Waals surface area contributed by atoms with Gasteiger partial charge in [-0.25, -0.2) is 0 Å². The van der Waals surface area contributed by atoms with Gasteiger partial charge in [0.15, 0.2) is 0 Å². The summed E-state index contributed by atoms with van der Waals surface area (Å²) in [5.74, 6) is 0.319. The molecule has 2 aliphatic rings. The number of amides is 1. The molecule has 0 aliphatic carbocycles. The maximum absolute atomic E-state index is 11.8. The van der Waals surface area contributed by atoms with Gasteiger partial charge in [-0.15, -0.1) is 0 Å². The summed E-state index contributed by atoms with van der Waals surface area (Å²) < 4.78 is 5.42. The zero-order valence-electron chi connectivity index (χ0n) is 10.6. The van der Waals surface area contributed by atoms with Crippen LogP contribution in [0.25, 0.3) is 0 Å². The molecule has 0 spiro atoms. The number of rotatable bonds is 4. The molecule has 1 atom stereocenters. The summed E-state index contributed by atoms with van der Waals surface area (Å²) in [6.07, 6.45) is 6.41. The predicted molar refractivity (Wildman–Crippen MR) is 66.9 cm³/mol. The molecule has 2 aliphatic heterocycles. The maximum Gasteiger partial charge on any atom is 0.223 e. The minimum atomic E-state index is 0.319. The second-order valence-corrected chi connectivity index (χ2v) is 5.03. The van der Waals surface area contributed by atoms with Crippen LogP contribution in [0.1, 0.15) is 38.5 Å². The number of carbonyl (C=O) groups is 1. The first-order valence-electron chi connectivity index (χ1n) is 6.95. The van der Waals surface area contributed by atoms with Gasteiger partial charge in [-0.1, -0.05) is 0 Å². The Kier molecular flexibility index (Phi) is 5.26. The highest BCUT2D eigenvalue weighted by Gasteiger charge is 2.18. The molecule has 0 radical (unpaired) electrons.